The van der Waals surface area contributed by atoms with Crippen LogP contribution in [0.4, 0.5) is 17.5 Å². The van der Waals surface area contributed by atoms with Crippen molar-refractivity contribution in [2.75, 3.05) is 23.3 Å². The van der Waals surface area contributed by atoms with Crippen LogP contribution in [-0.2, 0) is 4.79 Å². The molecule has 2 N–H and O–H groups in total. The van der Waals surface area contributed by atoms with Gasteiger partial charge in [0.2, 0.25) is 5.95 Å². The molecular weight excluding hydrogens is 340 g/mol. The van der Waals surface area contributed by atoms with Crippen LogP contribution < -0.4 is 10.2 Å². The second-order valence-corrected chi connectivity index (χ2v) is 6.74. The first-order valence-corrected chi connectivity index (χ1v) is 8.67. The highest BCUT2D eigenvalue weighted by Gasteiger charge is 2.25. The quantitative estimate of drug-likeness (QED) is 0.863. The molecule has 7 heteroatoms. The lowest BCUT2D eigenvalue weighted by molar-refractivity contribution is -0.142. The van der Waals surface area contributed by atoms with Crippen LogP contribution in [0.5, 0.6) is 0 Å². The number of hydrogen-bond acceptors (Lipinski definition) is 5. The first-order valence-electron chi connectivity index (χ1n) is 8.29. The number of nitrogens with zero attached hydrogens (tertiary/aromatic N) is 3. The van der Waals surface area contributed by atoms with Crippen LogP contribution in [0.3, 0.4) is 0 Å². The number of aryl methyl sites for hydroxylation is 1. The molecule has 0 atom stereocenters. The maximum atomic E-state index is 11.1. The summed E-state index contributed by atoms with van der Waals surface area (Å²) in [5.41, 5.74) is 2.67. The Morgan fingerprint density at radius 3 is 2.68 bits per heavy atom. The molecule has 0 saturated carbocycles. The molecule has 0 aliphatic carbocycles. The fourth-order valence-electron chi connectivity index (χ4n) is 2.99. The molecule has 132 valence electrons. The summed E-state index contributed by atoms with van der Waals surface area (Å²) >= 11 is 6.17. The maximum Gasteiger partial charge on any atom is 0.306 e. The van der Waals surface area contributed by atoms with Gasteiger partial charge < -0.3 is 15.3 Å². The molecule has 6 nitrogen and oxygen atoms in total. The zero-order chi connectivity index (χ0) is 18.0. The summed E-state index contributed by atoms with van der Waals surface area (Å²) in [5, 5.41) is 13.1. The smallest absolute Gasteiger partial charge is 0.306 e. The largest absolute Gasteiger partial charge is 0.481 e. The third-order valence-corrected chi connectivity index (χ3v) is 4.93. The zero-order valence-electron chi connectivity index (χ0n) is 14.3. The number of aromatic nitrogens is 2. The van der Waals surface area contributed by atoms with Crippen LogP contribution >= 0.6 is 11.6 Å². The lowest BCUT2D eigenvalue weighted by Gasteiger charge is -2.31. The van der Waals surface area contributed by atoms with Gasteiger partial charge >= 0.3 is 5.97 Å². The third-order valence-electron chi connectivity index (χ3n) is 4.52. The molecule has 2 aromatic rings. The van der Waals surface area contributed by atoms with Gasteiger partial charge in [-0.15, -0.1) is 0 Å². The van der Waals surface area contributed by atoms with Crippen molar-refractivity contribution in [3.63, 3.8) is 0 Å². The fourth-order valence-corrected chi connectivity index (χ4v) is 3.16. The molecule has 2 heterocycles. The summed E-state index contributed by atoms with van der Waals surface area (Å²) < 4.78 is 0. The second kappa shape index (κ2) is 7.27. The number of aliphatic carboxylic acids is 1. The lowest BCUT2D eigenvalue weighted by atomic mass is 9.97. The number of anilines is 3. The summed E-state index contributed by atoms with van der Waals surface area (Å²) in [6, 6.07) is 7.59. The molecule has 0 bridgehead atoms. The second-order valence-electron chi connectivity index (χ2n) is 6.33. The standard InChI is InChI=1S/C18H21ClN4O2/c1-11-10-16(23-8-6-13(7-9-23)17(24)25)22-18(20-11)21-15-5-3-4-14(19)12(15)2/h3-5,10,13H,6-9H2,1-2H3,(H,24,25)(H,20,21,22). The van der Waals surface area contributed by atoms with Gasteiger partial charge in [-0.3, -0.25) is 4.79 Å². The number of carboxylic acid groups (broad SMARTS) is 1. The van der Waals surface area contributed by atoms with Gasteiger partial charge in [-0.2, -0.15) is 4.98 Å². The van der Waals surface area contributed by atoms with Gasteiger partial charge in [0.15, 0.2) is 0 Å². The molecule has 25 heavy (non-hydrogen) atoms. The fraction of sp³-hybridized carbons (Fsp3) is 0.389. The van der Waals surface area contributed by atoms with Crippen molar-refractivity contribution >= 4 is 35.0 Å². The number of carbonyl (C=O) groups is 1. The van der Waals surface area contributed by atoms with Gasteiger partial charge in [-0.25, -0.2) is 4.98 Å². The molecule has 0 amide bonds. The Labute approximate surface area is 151 Å². The number of rotatable bonds is 4. The number of benzene rings is 1. The van der Waals surface area contributed by atoms with Crippen LogP contribution in [0.25, 0.3) is 0 Å². The first kappa shape index (κ1) is 17.5. The molecular formula is C18H21ClN4O2. The van der Waals surface area contributed by atoms with E-state index in [4.69, 9.17) is 16.7 Å². The number of hydrogen-bond donors (Lipinski definition) is 2. The van der Waals surface area contributed by atoms with E-state index in [1.807, 2.05) is 38.1 Å². The highest BCUT2D eigenvalue weighted by molar-refractivity contribution is 6.31. The summed E-state index contributed by atoms with van der Waals surface area (Å²) in [6.07, 6.45) is 1.27. The normalized spacial score (nSPS) is 15.2. The molecule has 3 rings (SSSR count). The molecule has 0 radical (unpaired) electrons. The summed E-state index contributed by atoms with van der Waals surface area (Å²) in [4.78, 5) is 22.3. The van der Waals surface area contributed by atoms with Crippen molar-refractivity contribution in [2.45, 2.75) is 26.7 Å². The average molecular weight is 361 g/mol. The van der Waals surface area contributed by atoms with Crippen molar-refractivity contribution < 1.29 is 9.90 Å². The summed E-state index contributed by atoms with van der Waals surface area (Å²) in [6.45, 7) is 5.23. The molecule has 1 aliphatic heterocycles. The molecule has 1 aromatic heterocycles. The van der Waals surface area contributed by atoms with Crippen molar-refractivity contribution in [2.24, 2.45) is 5.92 Å². The maximum absolute atomic E-state index is 11.1. The monoisotopic (exact) mass is 360 g/mol. The topological polar surface area (TPSA) is 78.4 Å². The van der Waals surface area contributed by atoms with E-state index in [-0.39, 0.29) is 5.92 Å². The minimum Gasteiger partial charge on any atom is -0.481 e. The van der Waals surface area contributed by atoms with Gasteiger partial charge in [0.05, 0.1) is 5.92 Å². The molecule has 1 fully saturated rings. The minimum absolute atomic E-state index is 0.258. The van der Waals surface area contributed by atoms with Gasteiger partial charge in [-0.1, -0.05) is 17.7 Å². The molecule has 1 aromatic carbocycles. The van der Waals surface area contributed by atoms with Crippen molar-refractivity contribution in [1.82, 2.24) is 9.97 Å². The number of carboxylic acids is 1. The Morgan fingerprint density at radius 1 is 1.28 bits per heavy atom. The van der Waals surface area contributed by atoms with Crippen molar-refractivity contribution in [1.29, 1.82) is 0 Å². The van der Waals surface area contributed by atoms with E-state index in [1.165, 1.54) is 0 Å². The van der Waals surface area contributed by atoms with E-state index in [0.29, 0.717) is 36.9 Å². The van der Waals surface area contributed by atoms with Gasteiger partial charge in [0.25, 0.3) is 0 Å². The number of nitrogens with one attached hydrogen (secondary N) is 1. The van der Waals surface area contributed by atoms with Gasteiger partial charge in [0.1, 0.15) is 5.82 Å². The summed E-state index contributed by atoms with van der Waals surface area (Å²) in [7, 11) is 0. The Morgan fingerprint density at radius 2 is 2.00 bits per heavy atom. The predicted octanol–water partition coefficient (Wildman–Crippen LogP) is 3.79. The van der Waals surface area contributed by atoms with Gasteiger partial charge in [-0.05, 0) is 44.4 Å². The molecule has 0 unspecified atom stereocenters. The zero-order valence-corrected chi connectivity index (χ0v) is 15.0. The highest BCUT2D eigenvalue weighted by atomic mass is 35.5. The van der Waals surface area contributed by atoms with E-state index in [0.717, 1.165) is 22.8 Å². The Hall–Kier alpha value is -2.34. The molecule has 0 spiro atoms. The van der Waals surface area contributed by atoms with Crippen LogP contribution in [0.2, 0.25) is 5.02 Å². The number of halogens is 1. The highest BCUT2D eigenvalue weighted by Crippen LogP contribution is 2.27. The van der Waals surface area contributed by atoms with Crippen LogP contribution in [0, 0.1) is 19.8 Å². The van der Waals surface area contributed by atoms with E-state index < -0.39 is 5.97 Å². The van der Waals surface area contributed by atoms with Crippen molar-refractivity contribution in [3.8, 4) is 0 Å². The van der Waals surface area contributed by atoms with E-state index in [2.05, 4.69) is 20.2 Å². The summed E-state index contributed by atoms with van der Waals surface area (Å²) in [5.74, 6) is 0.363. The SMILES string of the molecule is Cc1cc(N2CCC(C(=O)O)CC2)nc(Nc2cccc(Cl)c2C)n1. The lowest BCUT2D eigenvalue weighted by Crippen LogP contribution is -2.36. The Bertz CT molecular complexity index is 789. The predicted molar refractivity (Wildman–Crippen MR) is 98.8 cm³/mol. The van der Waals surface area contributed by atoms with E-state index >= 15 is 0 Å². The van der Waals surface area contributed by atoms with Gasteiger partial charge in [0, 0.05) is 35.6 Å². The van der Waals surface area contributed by atoms with Crippen molar-refractivity contribution in [3.05, 3.63) is 40.5 Å². The van der Waals surface area contributed by atoms with E-state index in [1.54, 1.807) is 0 Å². The molecule has 1 saturated heterocycles. The Kier molecular flexibility index (Phi) is 5.08. The molecule has 1 aliphatic rings. The Balaban J connectivity index is 1.79. The van der Waals surface area contributed by atoms with Crippen LogP contribution in [-0.4, -0.2) is 34.1 Å². The average Bonchev–Trinajstić information content (AvgIpc) is 2.58. The number of piperidine rings is 1. The van der Waals surface area contributed by atoms with Crippen LogP contribution in [0.1, 0.15) is 24.1 Å². The van der Waals surface area contributed by atoms with Crippen LogP contribution in [0.15, 0.2) is 24.3 Å². The minimum atomic E-state index is -0.711. The van der Waals surface area contributed by atoms with E-state index in [9.17, 15) is 4.79 Å². The third kappa shape index (κ3) is 4.02. The first-order chi connectivity index (χ1) is 11.9.